The van der Waals surface area contributed by atoms with E-state index in [9.17, 15) is 16.8 Å². The van der Waals surface area contributed by atoms with Crippen LogP contribution in [0, 0.1) is 23.7 Å². The van der Waals surface area contributed by atoms with Crippen molar-refractivity contribution in [2.75, 3.05) is 7.05 Å². The SMILES string of the molecule is C.CC(C)C1=NS(=O)(=O)N=C(C(C)C)N1C.CC(C)C1=NS(=O)(=O)N=C1C(C)C. The van der Waals surface area contributed by atoms with E-state index in [1.165, 1.54) is 0 Å². The van der Waals surface area contributed by atoms with Crippen LogP contribution < -0.4 is 0 Å². The summed E-state index contributed by atoms with van der Waals surface area (Å²) in [6, 6.07) is 0. The van der Waals surface area contributed by atoms with E-state index in [2.05, 4.69) is 17.6 Å². The summed E-state index contributed by atoms with van der Waals surface area (Å²) >= 11 is 0. The topological polar surface area (TPSA) is 121 Å². The maximum absolute atomic E-state index is 11.4. The Morgan fingerprint density at radius 1 is 0.586 bits per heavy atom. The van der Waals surface area contributed by atoms with Gasteiger partial charge >= 0.3 is 20.4 Å². The third kappa shape index (κ3) is 7.29. The van der Waals surface area contributed by atoms with Gasteiger partial charge in [0.2, 0.25) is 0 Å². The van der Waals surface area contributed by atoms with Gasteiger partial charge in [0.05, 0.1) is 11.4 Å². The summed E-state index contributed by atoms with van der Waals surface area (Å²) in [6.45, 7) is 15.3. The minimum absolute atomic E-state index is 0. The summed E-state index contributed by atoms with van der Waals surface area (Å²) < 4.78 is 59.5. The number of rotatable bonds is 4. The van der Waals surface area contributed by atoms with Gasteiger partial charge in [-0.05, 0) is 11.8 Å². The lowest BCUT2D eigenvalue weighted by Crippen LogP contribution is -2.42. The molecular weight excluding hydrogens is 414 g/mol. The zero-order valence-electron chi connectivity index (χ0n) is 18.0. The summed E-state index contributed by atoms with van der Waals surface area (Å²) in [7, 11) is -5.43. The average Bonchev–Trinajstić information content (AvgIpc) is 2.86. The Hall–Kier alpha value is -1.62. The molecule has 0 spiro atoms. The van der Waals surface area contributed by atoms with Gasteiger partial charge < -0.3 is 4.90 Å². The number of hydrogen-bond donors (Lipinski definition) is 0. The summed E-state index contributed by atoms with van der Waals surface area (Å²) in [5, 5.41) is 0. The zero-order chi connectivity index (χ0) is 22.0. The molecule has 0 amide bonds. The molecule has 2 aliphatic heterocycles. The van der Waals surface area contributed by atoms with Gasteiger partial charge in [-0.3, -0.25) is 0 Å². The van der Waals surface area contributed by atoms with Crippen molar-refractivity contribution in [2.45, 2.75) is 62.8 Å². The van der Waals surface area contributed by atoms with E-state index in [4.69, 9.17) is 0 Å². The Bertz CT molecular complexity index is 863. The molecule has 0 saturated heterocycles. The van der Waals surface area contributed by atoms with Crippen LogP contribution in [0.5, 0.6) is 0 Å². The minimum atomic E-state index is -3.67. The average molecular weight is 450 g/mol. The zero-order valence-corrected chi connectivity index (χ0v) is 19.6. The molecule has 2 heterocycles. The van der Waals surface area contributed by atoms with Crippen LogP contribution in [0.3, 0.4) is 0 Å². The van der Waals surface area contributed by atoms with Crippen molar-refractivity contribution in [3.63, 3.8) is 0 Å². The number of amidine groups is 2. The first-order valence-corrected chi connectivity index (χ1v) is 12.0. The van der Waals surface area contributed by atoms with Gasteiger partial charge in [0, 0.05) is 18.9 Å². The lowest BCUT2D eigenvalue weighted by Gasteiger charge is -2.29. The summed E-state index contributed by atoms with van der Waals surface area (Å²) in [5.74, 6) is 1.45. The van der Waals surface area contributed by atoms with Crippen LogP contribution in [0.15, 0.2) is 17.6 Å². The second kappa shape index (κ2) is 9.92. The largest absolute Gasteiger partial charge is 0.366 e. The van der Waals surface area contributed by atoms with Gasteiger partial charge in [-0.2, -0.15) is 16.8 Å². The van der Waals surface area contributed by atoms with Crippen molar-refractivity contribution in [3.8, 4) is 0 Å². The Morgan fingerprint density at radius 3 is 1.10 bits per heavy atom. The van der Waals surface area contributed by atoms with Gasteiger partial charge in [-0.15, -0.1) is 17.6 Å². The first kappa shape index (κ1) is 27.4. The predicted molar refractivity (Wildman–Crippen MR) is 121 cm³/mol. The fourth-order valence-corrected chi connectivity index (χ4v) is 4.97. The molecule has 0 unspecified atom stereocenters. The molecule has 0 saturated carbocycles. The lowest BCUT2D eigenvalue weighted by molar-refractivity contribution is 0.580. The monoisotopic (exact) mass is 449 g/mol. The Kier molecular flexibility index (Phi) is 9.37. The molecule has 11 heteroatoms. The fraction of sp³-hybridized carbons (Fsp3) is 0.778. The van der Waals surface area contributed by atoms with Crippen molar-refractivity contribution in [1.29, 1.82) is 0 Å². The maximum Gasteiger partial charge on any atom is 0.366 e. The smallest absolute Gasteiger partial charge is 0.319 e. The molecule has 0 aromatic carbocycles. The second-order valence-electron chi connectivity index (χ2n) is 7.93. The summed E-state index contributed by atoms with van der Waals surface area (Å²) in [4.78, 5) is 1.76. The molecule has 0 fully saturated rings. The molecule has 0 aromatic rings. The van der Waals surface area contributed by atoms with Gasteiger partial charge in [-0.25, -0.2) is 0 Å². The fourth-order valence-electron chi connectivity index (χ4n) is 2.65. The first-order chi connectivity index (χ1) is 12.6. The van der Waals surface area contributed by atoms with Crippen molar-refractivity contribution >= 4 is 43.5 Å². The van der Waals surface area contributed by atoms with Crippen molar-refractivity contribution in [1.82, 2.24) is 4.90 Å². The van der Waals surface area contributed by atoms with Crippen LogP contribution in [-0.2, 0) is 20.4 Å². The molecular formula is C18H35N5O4S2. The molecule has 0 N–H and O–H groups in total. The minimum Gasteiger partial charge on any atom is -0.319 e. The van der Waals surface area contributed by atoms with Crippen LogP contribution in [0.4, 0.5) is 0 Å². The standard InChI is InChI=1S/C9H17N3O2S.C8H14N2O2S.CH4/c1-6(2)8-10-15(13,14)11-9(7(3)4)12(8)5;1-5(2)7-8(6(3)4)10-13(11,12)9-7;/h6-7H,1-5H3;5-6H,1-4H3;1H4. The number of nitrogens with zero attached hydrogens (tertiary/aromatic N) is 5. The van der Waals surface area contributed by atoms with Crippen molar-refractivity contribution in [2.24, 2.45) is 41.3 Å². The molecule has 0 atom stereocenters. The Balaban J connectivity index is 0.000000527. The molecule has 9 nitrogen and oxygen atoms in total. The first-order valence-electron chi connectivity index (χ1n) is 9.21. The third-order valence-corrected chi connectivity index (χ3v) is 5.61. The van der Waals surface area contributed by atoms with Crippen LogP contribution >= 0.6 is 0 Å². The molecule has 2 aliphatic rings. The van der Waals surface area contributed by atoms with Crippen LogP contribution in [0.25, 0.3) is 0 Å². The van der Waals surface area contributed by atoms with Crippen molar-refractivity contribution < 1.29 is 16.8 Å². The summed E-state index contributed by atoms with van der Waals surface area (Å²) in [6.07, 6.45) is 0. The molecule has 29 heavy (non-hydrogen) atoms. The highest BCUT2D eigenvalue weighted by atomic mass is 32.2. The van der Waals surface area contributed by atoms with E-state index >= 15 is 0 Å². The lowest BCUT2D eigenvalue weighted by atomic mass is 9.96. The van der Waals surface area contributed by atoms with Gasteiger partial charge in [0.15, 0.2) is 0 Å². The van der Waals surface area contributed by atoms with E-state index < -0.39 is 20.4 Å². The quantitative estimate of drug-likeness (QED) is 0.651. The molecule has 0 radical (unpaired) electrons. The molecule has 0 aliphatic carbocycles. The highest BCUT2D eigenvalue weighted by Gasteiger charge is 2.28. The van der Waals surface area contributed by atoms with Gasteiger partial charge in [0.1, 0.15) is 11.7 Å². The highest BCUT2D eigenvalue weighted by molar-refractivity contribution is 7.89. The molecule has 2 rings (SSSR count). The molecule has 168 valence electrons. The molecule has 0 bridgehead atoms. The number of hydrogen-bond acceptors (Lipinski definition) is 5. The van der Waals surface area contributed by atoms with E-state index in [1.54, 1.807) is 11.9 Å². The van der Waals surface area contributed by atoms with Crippen LogP contribution in [-0.4, -0.2) is 51.9 Å². The van der Waals surface area contributed by atoms with E-state index in [0.717, 1.165) is 0 Å². The van der Waals surface area contributed by atoms with Gasteiger partial charge in [0.25, 0.3) is 0 Å². The molecule has 0 aromatic heterocycles. The highest BCUT2D eigenvalue weighted by Crippen LogP contribution is 2.18. The van der Waals surface area contributed by atoms with E-state index in [-0.39, 0.29) is 31.1 Å². The van der Waals surface area contributed by atoms with Crippen LogP contribution in [0.1, 0.15) is 62.8 Å². The third-order valence-electron chi connectivity index (χ3n) is 3.92. The summed E-state index contributed by atoms with van der Waals surface area (Å²) in [5.41, 5.74) is 1.21. The van der Waals surface area contributed by atoms with E-state index in [1.807, 2.05) is 55.4 Å². The Morgan fingerprint density at radius 2 is 0.862 bits per heavy atom. The van der Waals surface area contributed by atoms with Gasteiger partial charge in [-0.1, -0.05) is 62.8 Å². The maximum atomic E-state index is 11.4. The normalized spacial score (nSPS) is 20.0. The van der Waals surface area contributed by atoms with Crippen LogP contribution in [0.2, 0.25) is 0 Å². The predicted octanol–water partition coefficient (Wildman–Crippen LogP) is 3.36. The Labute approximate surface area is 176 Å². The van der Waals surface area contributed by atoms with Crippen molar-refractivity contribution in [3.05, 3.63) is 0 Å². The second-order valence-corrected chi connectivity index (χ2v) is 10.4. The van der Waals surface area contributed by atoms with E-state index in [0.29, 0.717) is 23.1 Å².